The number of carboxylic acid groups (broad SMARTS) is 1. The standard InChI is InChI=1S/C24H16ClNO6S/c25-15-10-11-21-19(12-15)20(14-26(21)33(31,32)16-6-2-1-3-7-16)23(28)13-22(27)17-8-4-5-9-18(17)24(29)30/h1-14,28H,(H,29,30)/b23-13+. The van der Waals surface area contributed by atoms with E-state index in [9.17, 15) is 28.2 Å². The fourth-order valence-corrected chi connectivity index (χ4v) is 5.01. The molecule has 0 saturated carbocycles. The molecule has 2 N–H and O–H groups in total. The number of rotatable bonds is 6. The van der Waals surface area contributed by atoms with Crippen LogP contribution in [0.1, 0.15) is 26.3 Å². The van der Waals surface area contributed by atoms with E-state index in [1.807, 2.05) is 0 Å². The van der Waals surface area contributed by atoms with Crippen LogP contribution >= 0.6 is 11.6 Å². The first kappa shape index (κ1) is 22.3. The number of nitrogens with zero attached hydrogens (tertiary/aromatic N) is 1. The topological polar surface area (TPSA) is 114 Å². The Labute approximate surface area is 193 Å². The second-order valence-corrected chi connectivity index (χ2v) is 9.31. The van der Waals surface area contributed by atoms with Gasteiger partial charge in [-0.05, 0) is 36.4 Å². The number of aliphatic hydroxyl groups is 1. The number of halogens is 1. The third-order valence-corrected chi connectivity index (χ3v) is 6.92. The van der Waals surface area contributed by atoms with Crippen molar-refractivity contribution in [1.82, 2.24) is 3.97 Å². The fourth-order valence-electron chi connectivity index (χ4n) is 3.45. The van der Waals surface area contributed by atoms with Gasteiger partial charge in [0.15, 0.2) is 5.78 Å². The van der Waals surface area contributed by atoms with Crippen LogP contribution in [0.5, 0.6) is 0 Å². The van der Waals surface area contributed by atoms with E-state index in [4.69, 9.17) is 11.6 Å². The number of aliphatic hydroxyl groups excluding tert-OH is 1. The molecule has 1 aromatic heterocycles. The first-order chi connectivity index (χ1) is 15.7. The van der Waals surface area contributed by atoms with Crippen LogP contribution in [0.4, 0.5) is 0 Å². The van der Waals surface area contributed by atoms with Crippen molar-refractivity contribution in [3.63, 3.8) is 0 Å². The highest BCUT2D eigenvalue weighted by molar-refractivity contribution is 7.90. The molecule has 0 aliphatic rings. The van der Waals surface area contributed by atoms with Gasteiger partial charge < -0.3 is 10.2 Å². The van der Waals surface area contributed by atoms with Crippen LogP contribution in [-0.2, 0) is 10.0 Å². The minimum absolute atomic E-state index is 0.0401. The summed E-state index contributed by atoms with van der Waals surface area (Å²) in [6.45, 7) is 0. The summed E-state index contributed by atoms with van der Waals surface area (Å²) >= 11 is 6.10. The molecular weight excluding hydrogens is 466 g/mol. The van der Waals surface area contributed by atoms with Crippen molar-refractivity contribution in [2.75, 3.05) is 0 Å². The first-order valence-corrected chi connectivity index (χ1v) is 11.4. The molecule has 33 heavy (non-hydrogen) atoms. The van der Waals surface area contributed by atoms with Crippen molar-refractivity contribution < 1.29 is 28.2 Å². The summed E-state index contributed by atoms with van der Waals surface area (Å²) in [5.74, 6) is -2.57. The molecule has 166 valence electrons. The van der Waals surface area contributed by atoms with Gasteiger partial charge in [0.05, 0.1) is 16.0 Å². The van der Waals surface area contributed by atoms with Crippen molar-refractivity contribution in [2.24, 2.45) is 0 Å². The van der Waals surface area contributed by atoms with E-state index in [1.54, 1.807) is 18.2 Å². The van der Waals surface area contributed by atoms with Crippen LogP contribution in [0.2, 0.25) is 5.02 Å². The van der Waals surface area contributed by atoms with Crippen molar-refractivity contribution >= 4 is 50.0 Å². The summed E-state index contributed by atoms with van der Waals surface area (Å²) < 4.78 is 27.5. The number of benzene rings is 3. The molecule has 0 bridgehead atoms. The normalized spacial score (nSPS) is 12.1. The Hall–Kier alpha value is -3.88. The molecule has 4 rings (SSSR count). The average molecular weight is 482 g/mol. The number of carboxylic acids is 1. The van der Waals surface area contributed by atoms with Crippen molar-refractivity contribution in [3.05, 3.63) is 107 Å². The monoisotopic (exact) mass is 481 g/mol. The molecule has 0 aliphatic heterocycles. The Kier molecular flexibility index (Phi) is 5.80. The highest BCUT2D eigenvalue weighted by Gasteiger charge is 2.23. The van der Waals surface area contributed by atoms with Crippen LogP contribution in [0.3, 0.4) is 0 Å². The van der Waals surface area contributed by atoms with E-state index >= 15 is 0 Å². The lowest BCUT2D eigenvalue weighted by atomic mass is 10.0. The van der Waals surface area contributed by atoms with Crippen LogP contribution in [0, 0.1) is 0 Å². The molecule has 0 spiro atoms. The fraction of sp³-hybridized carbons (Fsp3) is 0. The lowest BCUT2D eigenvalue weighted by Crippen LogP contribution is -2.11. The Morgan fingerprint density at radius 3 is 2.15 bits per heavy atom. The average Bonchev–Trinajstić information content (AvgIpc) is 3.19. The van der Waals surface area contributed by atoms with Gasteiger partial charge in [0.1, 0.15) is 5.76 Å². The minimum Gasteiger partial charge on any atom is -0.507 e. The molecule has 0 saturated heterocycles. The number of ketones is 1. The van der Waals surface area contributed by atoms with Gasteiger partial charge in [-0.25, -0.2) is 17.2 Å². The number of aromatic nitrogens is 1. The molecule has 0 atom stereocenters. The van der Waals surface area contributed by atoms with Crippen LogP contribution < -0.4 is 0 Å². The Balaban J connectivity index is 1.88. The highest BCUT2D eigenvalue weighted by Crippen LogP contribution is 2.32. The van der Waals surface area contributed by atoms with Gasteiger partial charge in [0, 0.05) is 33.8 Å². The third kappa shape index (κ3) is 4.13. The quantitative estimate of drug-likeness (QED) is 0.227. The number of aromatic carboxylic acids is 1. The molecule has 0 aliphatic carbocycles. The van der Waals surface area contributed by atoms with Gasteiger partial charge in [-0.3, -0.25) is 4.79 Å². The van der Waals surface area contributed by atoms with Crippen molar-refractivity contribution in [1.29, 1.82) is 0 Å². The summed E-state index contributed by atoms with van der Waals surface area (Å²) in [6.07, 6.45) is 2.06. The first-order valence-electron chi connectivity index (χ1n) is 9.59. The van der Waals surface area contributed by atoms with Crippen LogP contribution in [0.15, 0.2) is 90.0 Å². The summed E-state index contributed by atoms with van der Waals surface area (Å²) in [5.41, 5.74) is -0.0383. The van der Waals surface area contributed by atoms with Gasteiger partial charge in [-0.1, -0.05) is 48.0 Å². The van der Waals surface area contributed by atoms with Gasteiger partial charge >= 0.3 is 5.97 Å². The van der Waals surface area contributed by atoms with E-state index in [2.05, 4.69) is 0 Å². The molecular formula is C24H16ClNO6S. The zero-order valence-electron chi connectivity index (χ0n) is 16.8. The molecule has 1 heterocycles. The number of carbonyl (C=O) groups excluding carboxylic acids is 1. The molecule has 4 aromatic rings. The highest BCUT2D eigenvalue weighted by atomic mass is 35.5. The van der Waals surface area contributed by atoms with Crippen molar-refractivity contribution in [2.45, 2.75) is 4.90 Å². The lowest BCUT2D eigenvalue weighted by Gasteiger charge is -2.07. The summed E-state index contributed by atoms with van der Waals surface area (Å²) in [4.78, 5) is 24.2. The Morgan fingerprint density at radius 1 is 0.848 bits per heavy atom. The van der Waals surface area contributed by atoms with E-state index in [0.717, 1.165) is 10.0 Å². The zero-order valence-corrected chi connectivity index (χ0v) is 18.4. The maximum atomic E-state index is 13.2. The van der Waals surface area contributed by atoms with E-state index < -0.39 is 27.5 Å². The molecule has 0 unspecified atom stereocenters. The molecule has 9 heteroatoms. The molecule has 0 amide bonds. The zero-order chi connectivity index (χ0) is 23.8. The molecule has 0 radical (unpaired) electrons. The molecule has 0 fully saturated rings. The van der Waals surface area contributed by atoms with Crippen LogP contribution in [-0.4, -0.2) is 34.4 Å². The second-order valence-electron chi connectivity index (χ2n) is 7.06. The minimum atomic E-state index is -4.02. The second kappa shape index (κ2) is 8.57. The maximum Gasteiger partial charge on any atom is 0.336 e. The summed E-state index contributed by atoms with van der Waals surface area (Å²) in [5, 5.41) is 20.7. The number of carbonyl (C=O) groups is 2. The predicted molar refractivity (Wildman–Crippen MR) is 124 cm³/mol. The molecule has 3 aromatic carbocycles. The van der Waals surface area contributed by atoms with E-state index in [1.165, 1.54) is 60.8 Å². The third-order valence-electron chi connectivity index (χ3n) is 5.00. The van der Waals surface area contributed by atoms with Crippen molar-refractivity contribution in [3.8, 4) is 0 Å². The van der Waals surface area contributed by atoms with E-state index in [0.29, 0.717) is 10.4 Å². The SMILES string of the molecule is O=C(O)c1ccccc1C(=O)/C=C(/O)c1cn(S(=O)(=O)c2ccccc2)c2ccc(Cl)cc12. The number of allylic oxidation sites excluding steroid dienone is 1. The number of hydrogen-bond acceptors (Lipinski definition) is 5. The number of fused-ring (bicyclic) bond motifs is 1. The molecule has 7 nitrogen and oxygen atoms in total. The van der Waals surface area contributed by atoms with Gasteiger partial charge in [0.25, 0.3) is 10.0 Å². The van der Waals surface area contributed by atoms with Gasteiger partial charge in [0.2, 0.25) is 0 Å². The predicted octanol–water partition coefficient (Wildman–Crippen LogP) is 5.01. The smallest absolute Gasteiger partial charge is 0.336 e. The number of hydrogen-bond donors (Lipinski definition) is 2. The Bertz CT molecular complexity index is 1540. The van der Waals surface area contributed by atoms with Gasteiger partial charge in [-0.2, -0.15) is 0 Å². The van der Waals surface area contributed by atoms with Gasteiger partial charge in [-0.15, -0.1) is 0 Å². The lowest BCUT2D eigenvalue weighted by molar-refractivity contribution is 0.0693. The van der Waals surface area contributed by atoms with E-state index in [-0.39, 0.29) is 27.1 Å². The summed E-state index contributed by atoms with van der Waals surface area (Å²) in [7, 11) is -4.02. The van der Waals surface area contributed by atoms with Crippen LogP contribution in [0.25, 0.3) is 16.7 Å². The summed E-state index contributed by atoms with van der Waals surface area (Å²) in [6, 6.07) is 17.8. The largest absolute Gasteiger partial charge is 0.507 e. The Morgan fingerprint density at radius 2 is 1.48 bits per heavy atom. The maximum absolute atomic E-state index is 13.2.